The van der Waals surface area contributed by atoms with Gasteiger partial charge in [-0.05, 0) is 30.3 Å². The largest absolute Gasteiger partial charge is 0.381 e. The van der Waals surface area contributed by atoms with Crippen molar-refractivity contribution >= 4 is 5.69 Å². The van der Waals surface area contributed by atoms with E-state index in [2.05, 4.69) is 22.4 Å². The Labute approximate surface area is 105 Å². The van der Waals surface area contributed by atoms with Crippen LogP contribution in [0.1, 0.15) is 16.8 Å². The van der Waals surface area contributed by atoms with Crippen molar-refractivity contribution < 1.29 is 0 Å². The van der Waals surface area contributed by atoms with E-state index in [9.17, 15) is 0 Å². The average molecular weight is 234 g/mol. The molecule has 4 nitrogen and oxygen atoms in total. The maximum absolute atomic E-state index is 8.91. The Morgan fingerprint density at radius 3 is 2.50 bits per heavy atom. The summed E-state index contributed by atoms with van der Waals surface area (Å²) >= 11 is 0. The SMILES string of the molecule is N#Cc1ccc(NCc2cccnc2C#N)cc1. The lowest BCUT2D eigenvalue weighted by atomic mass is 10.2. The van der Waals surface area contributed by atoms with E-state index in [0.29, 0.717) is 17.8 Å². The van der Waals surface area contributed by atoms with Crippen molar-refractivity contribution in [1.29, 1.82) is 10.5 Å². The second kappa shape index (κ2) is 5.47. The Morgan fingerprint density at radius 2 is 1.83 bits per heavy atom. The molecule has 0 saturated heterocycles. The number of nitrogens with one attached hydrogen (secondary N) is 1. The van der Waals surface area contributed by atoms with Crippen LogP contribution in [0, 0.1) is 22.7 Å². The summed E-state index contributed by atoms with van der Waals surface area (Å²) in [4.78, 5) is 3.99. The molecule has 0 amide bonds. The molecule has 0 aliphatic rings. The van der Waals surface area contributed by atoms with E-state index in [1.807, 2.05) is 18.2 Å². The number of benzene rings is 1. The molecule has 4 heteroatoms. The minimum atomic E-state index is 0.429. The van der Waals surface area contributed by atoms with Crippen LogP contribution < -0.4 is 5.32 Å². The summed E-state index contributed by atoms with van der Waals surface area (Å²) in [5, 5.41) is 20.8. The van der Waals surface area contributed by atoms with Crippen LogP contribution in [0.25, 0.3) is 0 Å². The van der Waals surface area contributed by atoms with Crippen LogP contribution in [-0.4, -0.2) is 4.98 Å². The van der Waals surface area contributed by atoms with Crippen LogP contribution in [-0.2, 0) is 6.54 Å². The van der Waals surface area contributed by atoms with Gasteiger partial charge in [0.2, 0.25) is 0 Å². The Bertz CT molecular complexity index is 617. The van der Waals surface area contributed by atoms with Gasteiger partial charge in [0.05, 0.1) is 11.6 Å². The zero-order valence-electron chi connectivity index (χ0n) is 9.59. The quantitative estimate of drug-likeness (QED) is 0.885. The van der Waals surface area contributed by atoms with Crippen molar-refractivity contribution in [3.05, 3.63) is 59.4 Å². The summed E-state index contributed by atoms with van der Waals surface area (Å²) in [6, 6.07) is 14.9. The first-order valence-electron chi connectivity index (χ1n) is 5.41. The molecular weight excluding hydrogens is 224 g/mol. The first kappa shape index (κ1) is 11.6. The number of hydrogen-bond acceptors (Lipinski definition) is 4. The van der Waals surface area contributed by atoms with Crippen LogP contribution in [0.15, 0.2) is 42.6 Å². The van der Waals surface area contributed by atoms with Gasteiger partial charge in [0.25, 0.3) is 0 Å². The van der Waals surface area contributed by atoms with Gasteiger partial charge in [0.15, 0.2) is 0 Å². The maximum Gasteiger partial charge on any atom is 0.145 e. The fraction of sp³-hybridized carbons (Fsp3) is 0.0714. The third-order valence-corrected chi connectivity index (χ3v) is 2.49. The lowest BCUT2D eigenvalue weighted by molar-refractivity contribution is 1.09. The zero-order valence-corrected chi connectivity index (χ0v) is 9.59. The Hall–Kier alpha value is -2.85. The molecule has 0 unspecified atom stereocenters. The van der Waals surface area contributed by atoms with Crippen molar-refractivity contribution in [1.82, 2.24) is 4.98 Å². The molecular formula is C14H10N4. The fourth-order valence-electron chi connectivity index (χ4n) is 1.54. The van der Waals surface area contributed by atoms with Crippen LogP contribution >= 0.6 is 0 Å². The second-order valence-electron chi connectivity index (χ2n) is 3.67. The minimum Gasteiger partial charge on any atom is -0.381 e. The summed E-state index contributed by atoms with van der Waals surface area (Å²) in [5.41, 5.74) is 2.81. The molecule has 0 aliphatic heterocycles. The highest BCUT2D eigenvalue weighted by Gasteiger charge is 2.01. The molecule has 0 saturated carbocycles. The number of anilines is 1. The van der Waals surface area contributed by atoms with Gasteiger partial charge < -0.3 is 5.32 Å². The van der Waals surface area contributed by atoms with Gasteiger partial charge in [-0.25, -0.2) is 4.98 Å². The normalized spacial score (nSPS) is 9.22. The van der Waals surface area contributed by atoms with Crippen LogP contribution in [0.2, 0.25) is 0 Å². The fourth-order valence-corrected chi connectivity index (χ4v) is 1.54. The number of nitrogens with zero attached hydrogens (tertiary/aromatic N) is 3. The summed E-state index contributed by atoms with van der Waals surface area (Å²) < 4.78 is 0. The molecule has 1 heterocycles. The number of hydrogen-bond donors (Lipinski definition) is 1. The van der Waals surface area contributed by atoms with Gasteiger partial charge >= 0.3 is 0 Å². The Morgan fingerprint density at radius 1 is 1.06 bits per heavy atom. The van der Waals surface area contributed by atoms with Gasteiger partial charge in [-0.15, -0.1) is 0 Å². The van der Waals surface area contributed by atoms with Gasteiger partial charge in [0, 0.05) is 24.0 Å². The third kappa shape index (κ3) is 2.63. The van der Waals surface area contributed by atoms with Crippen LogP contribution in [0.5, 0.6) is 0 Å². The van der Waals surface area contributed by atoms with Gasteiger partial charge in [-0.2, -0.15) is 10.5 Å². The first-order chi connectivity index (χ1) is 8.83. The summed E-state index contributed by atoms with van der Waals surface area (Å²) in [6.45, 7) is 0.530. The zero-order chi connectivity index (χ0) is 12.8. The van der Waals surface area contributed by atoms with Gasteiger partial charge in [-0.3, -0.25) is 0 Å². The third-order valence-electron chi connectivity index (χ3n) is 2.49. The lowest BCUT2D eigenvalue weighted by Gasteiger charge is -2.07. The number of aromatic nitrogens is 1. The standard InChI is InChI=1S/C14H10N4/c15-8-11-3-5-13(6-4-11)18-10-12-2-1-7-17-14(12)9-16/h1-7,18H,10H2. The molecule has 0 spiro atoms. The van der Waals surface area contributed by atoms with E-state index in [0.717, 1.165) is 11.3 Å². The highest BCUT2D eigenvalue weighted by Crippen LogP contribution is 2.11. The Balaban J connectivity index is 2.07. The highest BCUT2D eigenvalue weighted by molar-refractivity contribution is 5.48. The highest BCUT2D eigenvalue weighted by atomic mass is 14.9. The van der Waals surface area contributed by atoms with E-state index < -0.39 is 0 Å². The van der Waals surface area contributed by atoms with E-state index in [1.54, 1.807) is 24.4 Å². The topological polar surface area (TPSA) is 72.5 Å². The van der Waals surface area contributed by atoms with Crippen LogP contribution in [0.3, 0.4) is 0 Å². The lowest BCUT2D eigenvalue weighted by Crippen LogP contribution is -2.02. The number of pyridine rings is 1. The van der Waals surface area contributed by atoms with Crippen molar-refractivity contribution in [2.45, 2.75) is 6.54 Å². The maximum atomic E-state index is 8.91. The minimum absolute atomic E-state index is 0.429. The van der Waals surface area contributed by atoms with Gasteiger partial charge in [0.1, 0.15) is 11.8 Å². The predicted molar refractivity (Wildman–Crippen MR) is 67.4 cm³/mol. The number of nitriles is 2. The van der Waals surface area contributed by atoms with Gasteiger partial charge in [-0.1, -0.05) is 6.07 Å². The summed E-state index contributed by atoms with van der Waals surface area (Å²) in [5.74, 6) is 0. The molecule has 1 aromatic carbocycles. The summed E-state index contributed by atoms with van der Waals surface area (Å²) in [7, 11) is 0. The molecule has 2 rings (SSSR count). The number of rotatable bonds is 3. The van der Waals surface area contributed by atoms with Crippen molar-refractivity contribution in [2.24, 2.45) is 0 Å². The van der Waals surface area contributed by atoms with E-state index >= 15 is 0 Å². The van der Waals surface area contributed by atoms with E-state index in [1.165, 1.54) is 0 Å². The molecule has 1 N–H and O–H groups in total. The van der Waals surface area contributed by atoms with Crippen LogP contribution in [0.4, 0.5) is 5.69 Å². The predicted octanol–water partition coefficient (Wildman–Crippen LogP) is 2.44. The van der Waals surface area contributed by atoms with E-state index in [-0.39, 0.29) is 0 Å². The molecule has 0 atom stereocenters. The molecule has 0 aliphatic carbocycles. The molecule has 0 fully saturated rings. The smallest absolute Gasteiger partial charge is 0.145 e. The molecule has 0 bridgehead atoms. The monoisotopic (exact) mass is 234 g/mol. The average Bonchev–Trinajstić information content (AvgIpc) is 2.46. The first-order valence-corrected chi connectivity index (χ1v) is 5.41. The van der Waals surface area contributed by atoms with Crippen molar-refractivity contribution in [3.63, 3.8) is 0 Å². The van der Waals surface area contributed by atoms with E-state index in [4.69, 9.17) is 10.5 Å². The molecule has 18 heavy (non-hydrogen) atoms. The molecule has 2 aromatic rings. The second-order valence-corrected chi connectivity index (χ2v) is 3.67. The molecule has 0 radical (unpaired) electrons. The molecule has 86 valence electrons. The molecule has 1 aromatic heterocycles. The summed E-state index contributed by atoms with van der Waals surface area (Å²) in [6.07, 6.45) is 1.60. The Kier molecular flexibility index (Phi) is 3.53. The van der Waals surface area contributed by atoms with Crippen molar-refractivity contribution in [3.8, 4) is 12.1 Å². The van der Waals surface area contributed by atoms with Crippen molar-refractivity contribution in [2.75, 3.05) is 5.32 Å².